The number of thiophene rings is 1. The summed E-state index contributed by atoms with van der Waals surface area (Å²) in [6.07, 6.45) is 0.895. The Morgan fingerprint density at radius 3 is 2.67 bits per heavy atom. The van der Waals surface area contributed by atoms with Gasteiger partial charge in [0.15, 0.2) is 5.96 Å². The van der Waals surface area contributed by atoms with Crippen molar-refractivity contribution in [3.8, 4) is 5.75 Å². The number of aliphatic imine (C=N–C) groups is 1. The van der Waals surface area contributed by atoms with E-state index in [0.29, 0.717) is 6.54 Å². The molecule has 1 aromatic heterocycles. The van der Waals surface area contributed by atoms with E-state index in [0.717, 1.165) is 31.2 Å². The number of aryl methyl sites for hydroxylation is 1. The van der Waals surface area contributed by atoms with Gasteiger partial charge in [-0.2, -0.15) is 0 Å². The van der Waals surface area contributed by atoms with Crippen molar-refractivity contribution in [3.63, 3.8) is 0 Å². The molecule has 0 amide bonds. The first-order valence-electron chi connectivity index (χ1n) is 7.91. The zero-order chi connectivity index (χ0) is 16.5. The molecule has 0 aliphatic heterocycles. The van der Waals surface area contributed by atoms with Crippen LogP contribution in [0.3, 0.4) is 0 Å². The number of nitrogens with one attached hydrogen (secondary N) is 2. The van der Waals surface area contributed by atoms with Gasteiger partial charge in [0, 0.05) is 18.0 Å². The molecule has 0 unspecified atom stereocenters. The summed E-state index contributed by atoms with van der Waals surface area (Å²) in [7, 11) is 1.71. The van der Waals surface area contributed by atoms with Gasteiger partial charge in [-0.1, -0.05) is 18.2 Å². The lowest BCUT2D eigenvalue weighted by Gasteiger charge is -2.12. The van der Waals surface area contributed by atoms with E-state index in [-0.39, 0.29) is 24.0 Å². The highest BCUT2D eigenvalue weighted by Gasteiger charge is 2.03. The van der Waals surface area contributed by atoms with Crippen LogP contribution in [0.5, 0.6) is 5.75 Å². The van der Waals surface area contributed by atoms with Gasteiger partial charge in [-0.3, -0.25) is 0 Å². The van der Waals surface area contributed by atoms with Gasteiger partial charge < -0.3 is 15.4 Å². The summed E-state index contributed by atoms with van der Waals surface area (Å²) < 4.78 is 5.39. The summed E-state index contributed by atoms with van der Waals surface area (Å²) in [6, 6.07) is 10.3. The summed E-state index contributed by atoms with van der Waals surface area (Å²) in [5.74, 6) is 1.79. The Morgan fingerprint density at radius 1 is 1.21 bits per heavy atom. The number of halogens is 1. The van der Waals surface area contributed by atoms with Crippen LogP contribution in [0, 0.1) is 6.92 Å². The van der Waals surface area contributed by atoms with E-state index in [2.05, 4.69) is 47.0 Å². The molecule has 6 heteroatoms. The Kier molecular flexibility index (Phi) is 9.78. The fourth-order valence-corrected chi connectivity index (χ4v) is 3.11. The molecule has 0 radical (unpaired) electrons. The third-order valence-electron chi connectivity index (χ3n) is 3.57. The standard InChI is InChI=1S/C18H25N3OS.HI/c1-4-19-18(21-13-17-14(2)10-12-23-17)20-11-9-15-7-5-6-8-16(15)22-3;/h5-8,10,12H,4,9,11,13H2,1-3H3,(H2,19,20,21);1H. The molecule has 1 heterocycles. The van der Waals surface area contributed by atoms with Crippen molar-refractivity contribution in [1.29, 1.82) is 0 Å². The lowest BCUT2D eigenvalue weighted by atomic mass is 10.1. The maximum absolute atomic E-state index is 5.39. The van der Waals surface area contributed by atoms with Crippen molar-refractivity contribution < 1.29 is 4.74 Å². The topological polar surface area (TPSA) is 45.7 Å². The fourth-order valence-electron chi connectivity index (χ4n) is 2.28. The van der Waals surface area contributed by atoms with Gasteiger partial charge in [0.2, 0.25) is 0 Å². The molecular formula is C18H26IN3OS. The normalized spacial score (nSPS) is 10.9. The number of hydrogen-bond donors (Lipinski definition) is 2. The second-order valence-electron chi connectivity index (χ2n) is 5.21. The van der Waals surface area contributed by atoms with Crippen LogP contribution < -0.4 is 15.4 Å². The second-order valence-corrected chi connectivity index (χ2v) is 6.21. The average molecular weight is 459 g/mol. The molecule has 0 bridgehead atoms. The minimum atomic E-state index is 0. The summed E-state index contributed by atoms with van der Waals surface area (Å²) in [5, 5.41) is 8.80. The maximum atomic E-state index is 5.39. The van der Waals surface area contributed by atoms with Crippen LogP contribution in [0.25, 0.3) is 0 Å². The number of para-hydroxylation sites is 1. The van der Waals surface area contributed by atoms with Crippen LogP contribution in [0.1, 0.15) is 22.9 Å². The highest BCUT2D eigenvalue weighted by Crippen LogP contribution is 2.17. The number of ether oxygens (including phenoxy) is 1. The Labute approximate surface area is 165 Å². The van der Waals surface area contributed by atoms with Crippen molar-refractivity contribution in [2.24, 2.45) is 4.99 Å². The maximum Gasteiger partial charge on any atom is 0.191 e. The van der Waals surface area contributed by atoms with Gasteiger partial charge in [0.05, 0.1) is 13.7 Å². The van der Waals surface area contributed by atoms with Crippen LogP contribution in [-0.2, 0) is 13.0 Å². The molecule has 0 saturated heterocycles. The van der Waals surface area contributed by atoms with Crippen molar-refractivity contribution in [1.82, 2.24) is 10.6 Å². The molecule has 24 heavy (non-hydrogen) atoms. The Hall–Kier alpha value is -1.28. The van der Waals surface area contributed by atoms with Crippen molar-refractivity contribution >= 4 is 41.3 Å². The average Bonchev–Trinajstić information content (AvgIpc) is 2.98. The predicted octanol–water partition coefficient (Wildman–Crippen LogP) is 3.98. The number of benzene rings is 1. The zero-order valence-corrected chi connectivity index (χ0v) is 17.6. The number of guanidine groups is 1. The third kappa shape index (κ3) is 6.32. The summed E-state index contributed by atoms with van der Waals surface area (Å²) >= 11 is 1.76. The van der Waals surface area contributed by atoms with Crippen molar-refractivity contribution in [2.75, 3.05) is 20.2 Å². The van der Waals surface area contributed by atoms with Crippen LogP contribution >= 0.6 is 35.3 Å². The monoisotopic (exact) mass is 459 g/mol. The smallest absolute Gasteiger partial charge is 0.191 e. The molecule has 0 saturated carbocycles. The molecule has 1 aromatic carbocycles. The lowest BCUT2D eigenvalue weighted by molar-refractivity contribution is 0.409. The van der Waals surface area contributed by atoms with E-state index >= 15 is 0 Å². The quantitative estimate of drug-likeness (QED) is 0.374. The van der Waals surface area contributed by atoms with Crippen LogP contribution in [0.4, 0.5) is 0 Å². The third-order valence-corrected chi connectivity index (χ3v) is 4.58. The van der Waals surface area contributed by atoms with E-state index < -0.39 is 0 Å². The zero-order valence-electron chi connectivity index (χ0n) is 14.5. The van der Waals surface area contributed by atoms with Crippen LogP contribution in [-0.4, -0.2) is 26.2 Å². The highest BCUT2D eigenvalue weighted by atomic mass is 127. The van der Waals surface area contributed by atoms with E-state index in [1.807, 2.05) is 18.2 Å². The SMILES string of the molecule is CCNC(=NCc1sccc1C)NCCc1ccccc1OC.I. The summed E-state index contributed by atoms with van der Waals surface area (Å²) in [4.78, 5) is 5.98. The van der Waals surface area contributed by atoms with E-state index in [1.54, 1.807) is 18.4 Å². The number of nitrogens with zero attached hydrogens (tertiary/aromatic N) is 1. The molecular weight excluding hydrogens is 433 g/mol. The molecule has 132 valence electrons. The first-order valence-corrected chi connectivity index (χ1v) is 8.79. The molecule has 4 nitrogen and oxygen atoms in total. The molecule has 0 aliphatic rings. The van der Waals surface area contributed by atoms with Crippen LogP contribution in [0.15, 0.2) is 40.7 Å². The molecule has 0 atom stereocenters. The molecule has 0 aliphatic carbocycles. The minimum absolute atomic E-state index is 0. The van der Waals surface area contributed by atoms with E-state index in [9.17, 15) is 0 Å². The Balaban J connectivity index is 0.00000288. The van der Waals surface area contributed by atoms with E-state index in [4.69, 9.17) is 4.74 Å². The largest absolute Gasteiger partial charge is 0.496 e. The van der Waals surface area contributed by atoms with Crippen LogP contribution in [0.2, 0.25) is 0 Å². The van der Waals surface area contributed by atoms with Gasteiger partial charge in [-0.05, 0) is 48.9 Å². The Bertz CT molecular complexity index is 643. The molecule has 2 N–H and O–H groups in total. The van der Waals surface area contributed by atoms with Crippen molar-refractivity contribution in [3.05, 3.63) is 51.7 Å². The first kappa shape index (κ1) is 20.8. The first-order chi connectivity index (χ1) is 11.2. The van der Waals surface area contributed by atoms with Gasteiger partial charge >= 0.3 is 0 Å². The Morgan fingerprint density at radius 2 is 2.00 bits per heavy atom. The van der Waals surface area contributed by atoms with Gasteiger partial charge in [-0.15, -0.1) is 35.3 Å². The second kappa shape index (κ2) is 11.3. The molecule has 0 fully saturated rings. The number of rotatable bonds is 7. The van der Waals surface area contributed by atoms with Crippen molar-refractivity contribution in [2.45, 2.75) is 26.8 Å². The fraction of sp³-hybridized carbons (Fsp3) is 0.389. The molecule has 2 aromatic rings. The van der Waals surface area contributed by atoms with Gasteiger partial charge in [0.1, 0.15) is 5.75 Å². The van der Waals surface area contributed by atoms with E-state index in [1.165, 1.54) is 16.0 Å². The molecule has 0 spiro atoms. The predicted molar refractivity (Wildman–Crippen MR) is 114 cm³/mol. The number of methoxy groups -OCH3 is 1. The molecule has 2 rings (SSSR count). The van der Waals surface area contributed by atoms with Gasteiger partial charge in [-0.25, -0.2) is 4.99 Å². The number of hydrogen-bond acceptors (Lipinski definition) is 3. The lowest BCUT2D eigenvalue weighted by Crippen LogP contribution is -2.38. The van der Waals surface area contributed by atoms with Gasteiger partial charge in [0.25, 0.3) is 0 Å². The summed E-state index contributed by atoms with van der Waals surface area (Å²) in [5.41, 5.74) is 2.51. The minimum Gasteiger partial charge on any atom is -0.496 e. The summed E-state index contributed by atoms with van der Waals surface area (Å²) in [6.45, 7) is 6.59. The highest BCUT2D eigenvalue weighted by molar-refractivity contribution is 14.0.